The number of guanidine groups is 1. The molecule has 11 nitrogen and oxygen atoms in total. The summed E-state index contributed by atoms with van der Waals surface area (Å²) in [5.41, 5.74) is 19.4. The van der Waals surface area contributed by atoms with Gasteiger partial charge in [-0.15, -0.1) is 11.3 Å². The van der Waals surface area contributed by atoms with E-state index in [1.165, 1.54) is 22.4 Å². The number of aromatic nitrogens is 1. The Labute approximate surface area is 223 Å². The second-order valence-corrected chi connectivity index (χ2v) is 9.40. The van der Waals surface area contributed by atoms with Gasteiger partial charge in [-0.3, -0.25) is 29.3 Å². The Morgan fingerprint density at radius 3 is 2.55 bits per heavy atom. The van der Waals surface area contributed by atoms with Gasteiger partial charge in [0.25, 0.3) is 5.91 Å². The van der Waals surface area contributed by atoms with Gasteiger partial charge in [-0.05, 0) is 18.9 Å². The van der Waals surface area contributed by atoms with E-state index in [9.17, 15) is 14.4 Å². The van der Waals surface area contributed by atoms with Crippen LogP contribution in [-0.4, -0.2) is 59.5 Å². The van der Waals surface area contributed by atoms with Crippen LogP contribution < -0.4 is 27.4 Å². The van der Waals surface area contributed by atoms with E-state index in [2.05, 4.69) is 20.3 Å². The van der Waals surface area contributed by atoms with Crippen molar-refractivity contribution in [3.05, 3.63) is 82.3 Å². The number of anilines is 1. The summed E-state index contributed by atoms with van der Waals surface area (Å²) in [6.07, 6.45) is 1.05. The molecule has 38 heavy (non-hydrogen) atoms. The number of nitrogens with zero attached hydrogens (tertiary/aromatic N) is 4. The summed E-state index contributed by atoms with van der Waals surface area (Å²) >= 11 is 1.18. The second-order valence-electron chi connectivity index (χ2n) is 8.50. The summed E-state index contributed by atoms with van der Waals surface area (Å²) in [6.45, 7) is -0.0526. The number of aliphatic imine (C=N–C) groups is 2. The van der Waals surface area contributed by atoms with E-state index in [-0.39, 0.29) is 29.7 Å². The van der Waals surface area contributed by atoms with Crippen LogP contribution in [0.2, 0.25) is 0 Å². The largest absolute Gasteiger partial charge is 0.370 e. The lowest BCUT2D eigenvalue weighted by molar-refractivity contribution is -0.124. The Bertz CT molecular complexity index is 1350. The van der Waals surface area contributed by atoms with E-state index in [4.69, 9.17) is 17.2 Å². The third-order valence-electron chi connectivity index (χ3n) is 5.83. The van der Waals surface area contributed by atoms with E-state index in [1.54, 1.807) is 17.5 Å². The Balaban J connectivity index is 1.57. The number of nitrogens with two attached hydrogens (primary N) is 3. The number of carbonyl (C=O) groups excluding carboxylic acids is 3. The zero-order valence-corrected chi connectivity index (χ0v) is 21.3. The third-order valence-corrected chi connectivity index (χ3v) is 6.61. The summed E-state index contributed by atoms with van der Waals surface area (Å²) in [6, 6.07) is 15.7. The molecule has 12 heteroatoms. The van der Waals surface area contributed by atoms with Crippen molar-refractivity contribution in [2.45, 2.75) is 25.0 Å². The van der Waals surface area contributed by atoms with E-state index in [0.717, 1.165) is 5.56 Å². The van der Waals surface area contributed by atoms with Gasteiger partial charge < -0.3 is 22.5 Å². The minimum Gasteiger partial charge on any atom is -0.370 e. The van der Waals surface area contributed by atoms with Crippen LogP contribution in [0, 0.1) is 0 Å². The van der Waals surface area contributed by atoms with Crippen molar-refractivity contribution >= 4 is 46.3 Å². The zero-order chi connectivity index (χ0) is 27.1. The Morgan fingerprint density at radius 2 is 1.84 bits per heavy atom. The number of fused-ring (bicyclic) bond motifs is 1. The number of thiazole rings is 1. The molecule has 196 valence electrons. The van der Waals surface area contributed by atoms with Crippen molar-refractivity contribution in [3.63, 3.8) is 0 Å². The summed E-state index contributed by atoms with van der Waals surface area (Å²) in [7, 11) is 0. The highest BCUT2D eigenvalue weighted by Crippen LogP contribution is 2.27. The molecule has 2 heterocycles. The molecule has 0 spiro atoms. The molecule has 0 saturated carbocycles. The van der Waals surface area contributed by atoms with E-state index < -0.39 is 24.0 Å². The molecule has 2 amide bonds. The summed E-state index contributed by atoms with van der Waals surface area (Å²) in [5.74, 6) is -1.44. The number of benzene rings is 2. The van der Waals surface area contributed by atoms with E-state index in [0.29, 0.717) is 29.9 Å². The SMILES string of the molecule is NC(N)=NCCC[C@H](NC(=O)CN1C(=O)C(N)N=C(c2ccccc2)c2ccccc21)C(=O)c1nccs1. The highest BCUT2D eigenvalue weighted by atomic mass is 32.1. The van der Waals surface area contributed by atoms with Gasteiger partial charge in [0.15, 0.2) is 17.1 Å². The van der Waals surface area contributed by atoms with Crippen molar-refractivity contribution in [1.82, 2.24) is 10.3 Å². The molecule has 0 fully saturated rings. The van der Waals surface area contributed by atoms with Crippen molar-refractivity contribution < 1.29 is 14.4 Å². The number of para-hydroxylation sites is 1. The summed E-state index contributed by atoms with van der Waals surface area (Å²) in [4.78, 5) is 53.4. The lowest BCUT2D eigenvalue weighted by Gasteiger charge is -2.25. The molecular formula is C26H28N8O3S. The maximum Gasteiger partial charge on any atom is 0.266 e. The first-order valence-corrected chi connectivity index (χ1v) is 12.8. The molecule has 0 bridgehead atoms. The average Bonchev–Trinajstić information content (AvgIpc) is 3.44. The van der Waals surface area contributed by atoms with Crippen LogP contribution in [0.4, 0.5) is 5.69 Å². The molecule has 2 atom stereocenters. The Kier molecular flexibility index (Phi) is 8.56. The number of hydrogen-bond acceptors (Lipinski definition) is 8. The van der Waals surface area contributed by atoms with Crippen molar-refractivity contribution in [2.75, 3.05) is 18.0 Å². The highest BCUT2D eigenvalue weighted by Gasteiger charge is 2.32. The number of rotatable bonds is 10. The van der Waals surface area contributed by atoms with E-state index >= 15 is 0 Å². The van der Waals surface area contributed by atoms with Gasteiger partial charge in [-0.2, -0.15) is 0 Å². The number of hydrogen-bond donors (Lipinski definition) is 4. The van der Waals surface area contributed by atoms with Crippen LogP contribution in [0.5, 0.6) is 0 Å². The van der Waals surface area contributed by atoms with Gasteiger partial charge >= 0.3 is 0 Å². The fourth-order valence-corrected chi connectivity index (χ4v) is 4.72. The first kappa shape index (κ1) is 26.6. The standard InChI is InChI=1S/C26H28N8O3S/c27-23-25(37)34(19-11-5-4-9-17(19)21(33-23)16-7-2-1-3-8-16)15-20(35)32-18(10-6-12-31-26(28)29)22(36)24-30-13-14-38-24/h1-5,7-9,11,13-14,18,23H,6,10,12,15,27H2,(H,32,35)(H4,28,29,31)/t18-,23?/m0/s1. The van der Waals surface area contributed by atoms with Crippen molar-refractivity contribution in [1.29, 1.82) is 0 Å². The Hall–Kier alpha value is -4.42. The predicted octanol–water partition coefficient (Wildman–Crippen LogP) is 1.03. The van der Waals surface area contributed by atoms with Gasteiger partial charge in [0, 0.05) is 29.2 Å². The van der Waals surface area contributed by atoms with Crippen LogP contribution in [0.15, 0.2) is 76.2 Å². The molecule has 1 aliphatic heterocycles. The van der Waals surface area contributed by atoms with Crippen LogP contribution in [-0.2, 0) is 9.59 Å². The maximum atomic E-state index is 13.3. The van der Waals surface area contributed by atoms with Gasteiger partial charge in [0.05, 0.1) is 17.4 Å². The fourth-order valence-electron chi connectivity index (χ4n) is 4.09. The molecule has 3 aromatic rings. The summed E-state index contributed by atoms with van der Waals surface area (Å²) < 4.78 is 0. The lowest BCUT2D eigenvalue weighted by atomic mass is 10.0. The topological polar surface area (TPSA) is 182 Å². The van der Waals surface area contributed by atoms with Crippen LogP contribution in [0.25, 0.3) is 0 Å². The lowest BCUT2D eigenvalue weighted by Crippen LogP contribution is -2.50. The zero-order valence-electron chi connectivity index (χ0n) is 20.5. The number of carbonyl (C=O) groups is 3. The average molecular weight is 533 g/mol. The first-order valence-electron chi connectivity index (χ1n) is 11.9. The smallest absolute Gasteiger partial charge is 0.266 e. The minimum absolute atomic E-state index is 0.0522. The predicted molar refractivity (Wildman–Crippen MR) is 147 cm³/mol. The number of benzodiazepines with no additional fused rings is 1. The van der Waals surface area contributed by atoms with Crippen LogP contribution in [0.1, 0.15) is 33.8 Å². The van der Waals surface area contributed by atoms with Gasteiger partial charge in [0.2, 0.25) is 11.7 Å². The van der Waals surface area contributed by atoms with Crippen LogP contribution >= 0.6 is 11.3 Å². The monoisotopic (exact) mass is 532 g/mol. The van der Waals surface area contributed by atoms with Gasteiger partial charge in [-0.25, -0.2) is 4.98 Å². The number of Topliss-reactive ketones (excluding diaryl/α,β-unsaturated/α-hetero) is 1. The molecular weight excluding hydrogens is 504 g/mol. The Morgan fingerprint density at radius 1 is 1.11 bits per heavy atom. The number of nitrogens with one attached hydrogen (secondary N) is 1. The maximum absolute atomic E-state index is 13.3. The van der Waals surface area contributed by atoms with Crippen molar-refractivity contribution in [2.24, 2.45) is 27.2 Å². The first-order chi connectivity index (χ1) is 18.3. The highest BCUT2D eigenvalue weighted by molar-refractivity contribution is 7.11. The molecule has 0 saturated heterocycles. The van der Waals surface area contributed by atoms with Crippen LogP contribution in [0.3, 0.4) is 0 Å². The third kappa shape index (κ3) is 6.28. The quantitative estimate of drug-likeness (QED) is 0.130. The normalized spacial score (nSPS) is 15.6. The van der Waals surface area contributed by atoms with Crippen molar-refractivity contribution in [3.8, 4) is 0 Å². The molecule has 0 aliphatic carbocycles. The molecule has 0 radical (unpaired) electrons. The number of ketones is 1. The minimum atomic E-state index is -1.21. The molecule has 7 N–H and O–H groups in total. The number of amides is 2. The molecule has 4 rings (SSSR count). The van der Waals surface area contributed by atoms with Gasteiger partial charge in [0.1, 0.15) is 6.54 Å². The fraction of sp³-hybridized carbons (Fsp3) is 0.231. The summed E-state index contributed by atoms with van der Waals surface area (Å²) in [5, 5.41) is 4.72. The molecule has 1 aliphatic rings. The van der Waals surface area contributed by atoms with E-state index in [1.807, 2.05) is 42.5 Å². The van der Waals surface area contributed by atoms with Gasteiger partial charge in [-0.1, -0.05) is 48.5 Å². The molecule has 2 aromatic carbocycles. The molecule has 1 aromatic heterocycles. The molecule has 1 unspecified atom stereocenters. The second kappa shape index (κ2) is 12.2.